The van der Waals surface area contributed by atoms with E-state index in [4.69, 9.17) is 5.73 Å². The first kappa shape index (κ1) is 7.45. The number of aromatic nitrogens is 4. The van der Waals surface area contributed by atoms with Crippen LogP contribution in [-0.2, 0) is 0 Å². The van der Waals surface area contributed by atoms with Gasteiger partial charge in [0.25, 0.3) is 0 Å². The minimum absolute atomic E-state index is 0.336. The average Bonchev–Trinajstić information content (AvgIpc) is 2.51. The molecule has 0 unspecified atom stereocenters. The number of anilines is 1. The van der Waals surface area contributed by atoms with Crippen LogP contribution in [0.2, 0.25) is 0 Å². The van der Waals surface area contributed by atoms with E-state index in [-0.39, 0.29) is 0 Å². The van der Waals surface area contributed by atoms with Crippen molar-refractivity contribution in [2.75, 3.05) is 5.73 Å². The van der Waals surface area contributed by atoms with Gasteiger partial charge in [-0.15, -0.1) is 5.10 Å². The predicted octanol–water partition coefficient (Wildman–Crippen LogP) is 0.0273. The van der Waals surface area contributed by atoms with Crippen LogP contribution in [0.4, 0.5) is 5.82 Å². The fourth-order valence-corrected chi connectivity index (χ4v) is 0.991. The van der Waals surface area contributed by atoms with Gasteiger partial charge in [-0.25, -0.2) is 15.0 Å². The van der Waals surface area contributed by atoms with Crippen molar-refractivity contribution in [3.63, 3.8) is 0 Å². The van der Waals surface area contributed by atoms with Crippen molar-refractivity contribution in [1.29, 1.82) is 0 Å². The summed E-state index contributed by atoms with van der Waals surface area (Å²) in [6, 6.07) is 0. The number of nitrogens with two attached hydrogens (primary N) is 1. The molecule has 0 amide bonds. The molecule has 0 aliphatic rings. The first-order valence-corrected chi connectivity index (χ1v) is 3.49. The molecule has 2 rings (SSSR count). The average molecular weight is 174 g/mol. The van der Waals surface area contributed by atoms with Crippen molar-refractivity contribution in [3.8, 4) is 0 Å². The van der Waals surface area contributed by atoms with Gasteiger partial charge < -0.3 is 5.73 Å². The summed E-state index contributed by atoms with van der Waals surface area (Å²) in [6.07, 6.45) is 2.84. The van der Waals surface area contributed by atoms with E-state index in [1.165, 1.54) is 17.3 Å². The summed E-state index contributed by atoms with van der Waals surface area (Å²) in [5, 5.41) is 3.78. The van der Waals surface area contributed by atoms with E-state index in [9.17, 15) is 0 Å². The Morgan fingerprint density at radius 1 is 1.46 bits per heavy atom. The monoisotopic (exact) mass is 174 g/mol. The number of nitrogen functional groups attached to an aromatic ring is 1. The lowest BCUT2D eigenvalue weighted by Gasteiger charge is -1.92. The largest absolute Gasteiger partial charge is 0.382 e. The summed E-state index contributed by atoms with van der Waals surface area (Å²) >= 11 is 0. The minimum Gasteiger partial charge on any atom is -0.382 e. The van der Waals surface area contributed by atoms with Crippen LogP contribution in [0.3, 0.4) is 0 Å². The molecule has 0 atom stereocenters. The summed E-state index contributed by atoms with van der Waals surface area (Å²) in [4.78, 5) is 11.8. The van der Waals surface area contributed by atoms with Gasteiger partial charge >= 0.3 is 0 Å². The van der Waals surface area contributed by atoms with Gasteiger partial charge in [0, 0.05) is 5.87 Å². The van der Waals surface area contributed by atoms with E-state index in [0.717, 1.165) is 0 Å². The molecule has 13 heavy (non-hydrogen) atoms. The number of rotatable bonds is 1. The summed E-state index contributed by atoms with van der Waals surface area (Å²) in [7, 11) is 0. The van der Waals surface area contributed by atoms with Crippen molar-refractivity contribution in [2.45, 2.75) is 0 Å². The number of hydrogen-bond donors (Lipinski definition) is 1. The van der Waals surface area contributed by atoms with Crippen LogP contribution < -0.4 is 5.73 Å². The maximum atomic E-state index is 5.56. The summed E-state index contributed by atoms with van der Waals surface area (Å²) in [5.74, 6) is 2.71. The van der Waals surface area contributed by atoms with E-state index in [1.54, 1.807) is 0 Å². The molecule has 0 aliphatic heterocycles. The third-order valence-corrected chi connectivity index (χ3v) is 1.52. The molecule has 2 aromatic rings. The maximum Gasteiger partial charge on any atom is 0.187 e. The van der Waals surface area contributed by atoms with Crippen molar-refractivity contribution in [3.05, 3.63) is 19.2 Å². The van der Waals surface area contributed by atoms with E-state index in [1.807, 2.05) is 0 Å². The lowest BCUT2D eigenvalue weighted by atomic mass is 10.5. The SMILES string of the molecule is C=C=Nn1cnc2c(N)ncnc21. The Hall–Kier alpha value is -2.20. The number of imidazole rings is 1. The Morgan fingerprint density at radius 3 is 3.08 bits per heavy atom. The molecule has 0 radical (unpaired) electrons. The van der Waals surface area contributed by atoms with Crippen molar-refractivity contribution in [2.24, 2.45) is 5.10 Å². The highest BCUT2D eigenvalue weighted by Crippen LogP contribution is 2.13. The van der Waals surface area contributed by atoms with Gasteiger partial charge in [0.2, 0.25) is 0 Å². The molecule has 6 nitrogen and oxygen atoms in total. The van der Waals surface area contributed by atoms with Gasteiger partial charge in [0.05, 0.1) is 0 Å². The molecule has 2 heterocycles. The van der Waals surface area contributed by atoms with E-state index < -0.39 is 0 Å². The highest BCUT2D eigenvalue weighted by atomic mass is 15.4. The summed E-state index contributed by atoms with van der Waals surface area (Å²) in [5.41, 5.74) is 6.64. The maximum absolute atomic E-state index is 5.56. The molecule has 0 bridgehead atoms. The van der Waals surface area contributed by atoms with Crippen molar-refractivity contribution in [1.82, 2.24) is 19.6 Å². The molecule has 6 heteroatoms. The van der Waals surface area contributed by atoms with Crippen LogP contribution >= 0.6 is 0 Å². The first-order chi connectivity index (χ1) is 6.33. The quantitative estimate of drug-likeness (QED) is 0.618. The molecule has 0 spiro atoms. The second-order valence-electron chi connectivity index (χ2n) is 2.28. The lowest BCUT2D eigenvalue weighted by Crippen LogP contribution is -1.94. The van der Waals surface area contributed by atoms with Crippen molar-refractivity contribution >= 4 is 22.9 Å². The third kappa shape index (κ3) is 1.05. The Bertz CT molecular complexity index is 493. The zero-order valence-corrected chi connectivity index (χ0v) is 6.68. The second-order valence-corrected chi connectivity index (χ2v) is 2.28. The predicted molar refractivity (Wildman–Crippen MR) is 48.2 cm³/mol. The number of nitrogens with zero attached hydrogens (tertiary/aromatic N) is 5. The second kappa shape index (κ2) is 2.69. The zero-order valence-electron chi connectivity index (χ0n) is 6.68. The van der Waals surface area contributed by atoms with E-state index in [0.29, 0.717) is 17.0 Å². The topological polar surface area (TPSA) is 82.0 Å². The van der Waals surface area contributed by atoms with Gasteiger partial charge in [-0.3, -0.25) is 0 Å². The fourth-order valence-electron chi connectivity index (χ4n) is 0.991. The van der Waals surface area contributed by atoms with Gasteiger partial charge in [-0.2, -0.15) is 4.68 Å². The molecule has 0 aromatic carbocycles. The molecule has 64 valence electrons. The van der Waals surface area contributed by atoms with Crippen LogP contribution in [0, 0.1) is 0 Å². The standard InChI is InChI=1S/C7H6N6/c1-2-12-13-4-11-5-6(8)9-3-10-7(5)13/h3-4H,1H2,(H2,8,9,10). The molecule has 0 saturated carbocycles. The van der Waals surface area contributed by atoms with Crippen LogP contribution in [0.5, 0.6) is 0 Å². The lowest BCUT2D eigenvalue weighted by molar-refractivity contribution is 0.900. The van der Waals surface area contributed by atoms with Gasteiger partial charge in [0.15, 0.2) is 17.0 Å². The van der Waals surface area contributed by atoms with E-state index >= 15 is 0 Å². The number of fused-ring (bicyclic) bond motifs is 1. The molecule has 0 fully saturated rings. The minimum atomic E-state index is 0.336. The van der Waals surface area contributed by atoms with Crippen molar-refractivity contribution < 1.29 is 0 Å². The highest BCUT2D eigenvalue weighted by molar-refractivity contribution is 5.81. The van der Waals surface area contributed by atoms with Gasteiger partial charge in [-0.1, -0.05) is 0 Å². The van der Waals surface area contributed by atoms with Gasteiger partial charge in [0.1, 0.15) is 12.7 Å². The Kier molecular flexibility index (Phi) is 1.54. The van der Waals surface area contributed by atoms with Gasteiger partial charge in [-0.05, 0) is 6.58 Å². The molecule has 0 aliphatic carbocycles. The Morgan fingerprint density at radius 2 is 2.31 bits per heavy atom. The molecule has 2 aromatic heterocycles. The molecular weight excluding hydrogens is 168 g/mol. The van der Waals surface area contributed by atoms with Crippen LogP contribution in [0.1, 0.15) is 0 Å². The summed E-state index contributed by atoms with van der Waals surface area (Å²) < 4.78 is 1.43. The third-order valence-electron chi connectivity index (χ3n) is 1.52. The highest BCUT2D eigenvalue weighted by Gasteiger charge is 2.05. The Balaban J connectivity index is 2.82. The van der Waals surface area contributed by atoms with E-state index in [2.05, 4.69) is 32.5 Å². The molecule has 2 N–H and O–H groups in total. The fraction of sp³-hybridized carbons (Fsp3) is 0. The Labute approximate surface area is 73.4 Å². The summed E-state index contributed by atoms with van der Waals surface area (Å²) in [6.45, 7) is 3.35. The van der Waals surface area contributed by atoms with Crippen LogP contribution in [0.15, 0.2) is 24.3 Å². The first-order valence-electron chi connectivity index (χ1n) is 3.49. The zero-order chi connectivity index (χ0) is 9.26. The number of hydrogen-bond acceptors (Lipinski definition) is 5. The molecule has 0 saturated heterocycles. The normalized spacial score (nSPS) is 9.85. The van der Waals surface area contributed by atoms with Crippen LogP contribution in [-0.4, -0.2) is 25.5 Å². The van der Waals surface area contributed by atoms with Crippen LogP contribution in [0.25, 0.3) is 11.2 Å². The molecular formula is C7H6N6. The smallest absolute Gasteiger partial charge is 0.187 e.